The van der Waals surface area contributed by atoms with Gasteiger partial charge in [-0.15, -0.1) is 12.0 Å². The number of hydrogen-bond acceptors (Lipinski definition) is 7. The number of aryl methyl sites for hydroxylation is 1. The first-order valence-corrected chi connectivity index (χ1v) is 14.4. The topological polar surface area (TPSA) is 77.1 Å². The molecule has 2 aromatic heterocycles. The van der Waals surface area contributed by atoms with Crippen molar-refractivity contribution in [2.24, 2.45) is 10.8 Å². The Balaban J connectivity index is 1.58. The summed E-state index contributed by atoms with van der Waals surface area (Å²) in [5.74, 6) is 2.24. The van der Waals surface area contributed by atoms with E-state index in [-0.39, 0.29) is 22.4 Å². The van der Waals surface area contributed by atoms with Crippen molar-refractivity contribution in [3.05, 3.63) is 70.2 Å². The molecule has 5 rings (SSSR count). The quantitative estimate of drug-likeness (QED) is 0.177. The van der Waals surface area contributed by atoms with Crippen LogP contribution in [-0.2, 0) is 0 Å². The summed E-state index contributed by atoms with van der Waals surface area (Å²) in [6.45, 7) is 15.8. The number of nitrogens with one attached hydrogen (secondary N) is 4. The van der Waals surface area contributed by atoms with Gasteiger partial charge in [0.2, 0.25) is 5.95 Å². The van der Waals surface area contributed by atoms with Gasteiger partial charge in [-0.2, -0.15) is 4.39 Å². The third-order valence-electron chi connectivity index (χ3n) is 8.07. The summed E-state index contributed by atoms with van der Waals surface area (Å²) in [6, 6.07) is 6.66. The molecule has 1 atom stereocenters. The highest BCUT2D eigenvalue weighted by molar-refractivity contribution is 6.35. The summed E-state index contributed by atoms with van der Waals surface area (Å²) < 4.78 is 14.0. The molecule has 0 bridgehead atoms. The molecular weight excluding hydrogens is 537 g/mol. The molecule has 0 radical (unpaired) electrons. The van der Waals surface area contributed by atoms with Crippen molar-refractivity contribution in [2.75, 3.05) is 17.2 Å². The van der Waals surface area contributed by atoms with E-state index < -0.39 is 5.95 Å². The fourth-order valence-electron chi connectivity index (χ4n) is 5.51. The van der Waals surface area contributed by atoms with Crippen molar-refractivity contribution in [1.29, 1.82) is 0 Å². The molecule has 2 aliphatic rings. The van der Waals surface area contributed by atoms with E-state index in [4.69, 9.17) is 18.0 Å². The Kier molecular flexibility index (Phi) is 7.33. The maximum Gasteiger partial charge on any atom is 0.213 e. The number of pyridine rings is 2. The minimum Gasteiger partial charge on any atom is -0.383 e. The summed E-state index contributed by atoms with van der Waals surface area (Å²) in [5, 5.41) is 10.7. The van der Waals surface area contributed by atoms with Gasteiger partial charge in [0.05, 0.1) is 39.1 Å². The minimum absolute atomic E-state index is 0.0135. The van der Waals surface area contributed by atoms with E-state index in [0.717, 1.165) is 40.9 Å². The third-order valence-corrected chi connectivity index (χ3v) is 8.36. The van der Waals surface area contributed by atoms with Gasteiger partial charge in [-0.1, -0.05) is 65.1 Å². The summed E-state index contributed by atoms with van der Waals surface area (Å²) in [7, 11) is 0. The van der Waals surface area contributed by atoms with Crippen molar-refractivity contribution >= 4 is 33.9 Å². The average Bonchev–Trinajstić information content (AvgIpc) is 3.57. The number of benzene rings is 1. The molecule has 0 amide bonds. The zero-order chi connectivity index (χ0) is 29.7. The van der Waals surface area contributed by atoms with E-state index >= 15 is 0 Å². The molecule has 3 aromatic rings. The van der Waals surface area contributed by atoms with Gasteiger partial charge in [0.25, 0.3) is 0 Å². The number of anilines is 2. The Morgan fingerprint density at radius 1 is 1.20 bits per heavy atom. The van der Waals surface area contributed by atoms with Gasteiger partial charge in [0, 0.05) is 41.3 Å². The van der Waals surface area contributed by atoms with Gasteiger partial charge in [-0.3, -0.25) is 9.99 Å². The van der Waals surface area contributed by atoms with Crippen LogP contribution in [0.4, 0.5) is 15.8 Å². The monoisotopic (exact) mass is 575 g/mol. The number of hydrazine groups is 2. The van der Waals surface area contributed by atoms with Crippen LogP contribution in [0.25, 0.3) is 10.9 Å². The Hall–Kier alpha value is -3.54. The zero-order valence-electron chi connectivity index (χ0n) is 24.8. The van der Waals surface area contributed by atoms with Crippen LogP contribution in [0.2, 0.25) is 5.02 Å². The maximum atomic E-state index is 14.0. The summed E-state index contributed by atoms with van der Waals surface area (Å²) in [5.41, 5.74) is 12.1. The van der Waals surface area contributed by atoms with Crippen molar-refractivity contribution in [2.45, 2.75) is 72.9 Å². The summed E-state index contributed by atoms with van der Waals surface area (Å²) >= 11 is 6.81. The number of fused-ring (bicyclic) bond motifs is 1. The highest BCUT2D eigenvalue weighted by Crippen LogP contribution is 2.54. The summed E-state index contributed by atoms with van der Waals surface area (Å²) in [6.07, 6.45) is 11.8. The minimum atomic E-state index is -0.515. The van der Waals surface area contributed by atoms with Crippen molar-refractivity contribution < 1.29 is 4.39 Å². The third kappa shape index (κ3) is 5.66. The van der Waals surface area contributed by atoms with Crippen LogP contribution in [0, 0.1) is 36.0 Å². The number of rotatable bonds is 7. The number of terminal acetylenes is 1. The van der Waals surface area contributed by atoms with Crippen LogP contribution in [0.3, 0.4) is 0 Å². The van der Waals surface area contributed by atoms with Crippen molar-refractivity contribution in [3.8, 4) is 12.3 Å². The molecule has 0 unspecified atom stereocenters. The van der Waals surface area contributed by atoms with Crippen molar-refractivity contribution in [1.82, 2.24) is 25.9 Å². The Morgan fingerprint density at radius 2 is 1.93 bits per heavy atom. The zero-order valence-corrected chi connectivity index (χ0v) is 25.6. The molecule has 216 valence electrons. The average molecular weight is 576 g/mol. The maximum absolute atomic E-state index is 14.0. The Morgan fingerprint density at radius 3 is 2.54 bits per heavy atom. The number of aromatic nitrogens is 2. The lowest BCUT2D eigenvalue weighted by molar-refractivity contribution is 0.0782. The number of nitrogens with zero attached hydrogens (tertiary/aromatic N) is 3. The highest BCUT2D eigenvalue weighted by Gasteiger charge is 2.57. The molecule has 0 saturated heterocycles. The predicted octanol–water partition coefficient (Wildman–Crippen LogP) is 7.07. The second kappa shape index (κ2) is 10.4. The van der Waals surface area contributed by atoms with E-state index in [1.54, 1.807) is 12.3 Å². The van der Waals surface area contributed by atoms with Crippen LogP contribution in [-0.4, -0.2) is 27.1 Å². The van der Waals surface area contributed by atoms with Crippen molar-refractivity contribution in [3.63, 3.8) is 0 Å². The first kappa shape index (κ1) is 29.0. The SMILES string of the molecule is C#Cc1cnc2c(Cl)cc(N[C@H](C3=CN(C4(C(C)(C)C)CC4)NN3)c3ccc(F)nc3C)cc2c1NCC(C)(C)C. The fourth-order valence-corrected chi connectivity index (χ4v) is 5.78. The van der Waals surface area contributed by atoms with Crippen LogP contribution in [0.1, 0.15) is 77.2 Å². The molecule has 1 aromatic carbocycles. The molecule has 3 heterocycles. The van der Waals surface area contributed by atoms with Crippen LogP contribution in [0.5, 0.6) is 0 Å². The van der Waals surface area contributed by atoms with Gasteiger partial charge in [-0.25, -0.2) is 4.98 Å². The molecule has 1 aliphatic carbocycles. The molecule has 7 nitrogen and oxygen atoms in total. The number of halogens is 2. The van der Waals surface area contributed by atoms with Gasteiger partial charge in [-0.05, 0) is 48.8 Å². The van der Waals surface area contributed by atoms with Crippen LogP contribution in [0.15, 0.2) is 42.4 Å². The molecular formula is C32H39ClFN7. The fraction of sp³-hybridized carbons (Fsp3) is 0.438. The molecule has 1 saturated carbocycles. The molecule has 4 N–H and O–H groups in total. The van der Waals surface area contributed by atoms with Gasteiger partial charge < -0.3 is 16.1 Å². The van der Waals surface area contributed by atoms with E-state index in [1.807, 2.05) is 19.1 Å². The van der Waals surface area contributed by atoms with E-state index in [9.17, 15) is 4.39 Å². The largest absolute Gasteiger partial charge is 0.383 e. The lowest BCUT2D eigenvalue weighted by Gasteiger charge is -2.38. The van der Waals surface area contributed by atoms with E-state index in [1.165, 1.54) is 6.07 Å². The molecule has 9 heteroatoms. The van der Waals surface area contributed by atoms with E-state index in [2.05, 4.69) is 90.2 Å². The first-order valence-electron chi connectivity index (χ1n) is 14.0. The standard InChI is InChI=1S/C32H39ClFN7/c1-9-20-16-35-28-23(27(20)36-18-30(3,4)5)14-21(15-24(28)33)38-29(22-10-11-26(34)37-19(22)2)25-17-41(40-39-25)32(12-13-32)31(6,7)8/h1,10-11,14-17,29,38-40H,12-13,18H2,2-8H3,(H,35,36)/t29-/m0/s1. The Bertz CT molecular complexity index is 1560. The molecule has 41 heavy (non-hydrogen) atoms. The lowest BCUT2D eigenvalue weighted by atomic mass is 9.84. The normalized spacial score (nSPS) is 17.1. The van der Waals surface area contributed by atoms with E-state index in [0.29, 0.717) is 28.3 Å². The first-order chi connectivity index (χ1) is 19.2. The van der Waals surface area contributed by atoms with Gasteiger partial charge in [0.1, 0.15) is 0 Å². The lowest BCUT2D eigenvalue weighted by Crippen LogP contribution is -2.51. The van der Waals surface area contributed by atoms with Gasteiger partial charge >= 0.3 is 0 Å². The molecule has 0 spiro atoms. The molecule has 1 fully saturated rings. The second-order valence-corrected chi connectivity index (χ2v) is 13.7. The molecule has 1 aliphatic heterocycles. The number of hydrogen-bond donors (Lipinski definition) is 4. The second-order valence-electron chi connectivity index (χ2n) is 13.3. The highest BCUT2D eigenvalue weighted by atomic mass is 35.5. The van der Waals surface area contributed by atoms with Crippen LogP contribution >= 0.6 is 11.6 Å². The van der Waals surface area contributed by atoms with Crippen LogP contribution < -0.4 is 21.6 Å². The predicted molar refractivity (Wildman–Crippen MR) is 166 cm³/mol. The summed E-state index contributed by atoms with van der Waals surface area (Å²) in [4.78, 5) is 8.68. The smallest absolute Gasteiger partial charge is 0.213 e. The van der Waals surface area contributed by atoms with Gasteiger partial charge in [0.15, 0.2) is 0 Å². The Labute approximate surface area is 247 Å².